The zero-order valence-corrected chi connectivity index (χ0v) is 10.6. The lowest BCUT2D eigenvalue weighted by Crippen LogP contribution is -2.22. The van der Waals surface area contributed by atoms with Crippen LogP contribution < -0.4 is 5.32 Å². The van der Waals surface area contributed by atoms with E-state index < -0.39 is 0 Å². The van der Waals surface area contributed by atoms with Crippen molar-refractivity contribution < 1.29 is 4.42 Å². The zero-order valence-electron chi connectivity index (χ0n) is 10.6. The predicted molar refractivity (Wildman–Crippen MR) is 69.8 cm³/mol. The van der Waals surface area contributed by atoms with Crippen molar-refractivity contribution in [3.05, 3.63) is 59.5 Å². The van der Waals surface area contributed by atoms with Crippen molar-refractivity contribution in [2.24, 2.45) is 0 Å². The van der Waals surface area contributed by atoms with Gasteiger partial charge in [-0.15, -0.1) is 0 Å². The Labute approximate surface area is 107 Å². The number of nitrogens with zero attached hydrogens (tertiary/aromatic N) is 1. The van der Waals surface area contributed by atoms with Crippen LogP contribution in [0.25, 0.3) is 0 Å². The highest BCUT2D eigenvalue weighted by Crippen LogP contribution is 2.20. The van der Waals surface area contributed by atoms with Gasteiger partial charge in [-0.25, -0.2) is 0 Å². The third-order valence-corrected chi connectivity index (χ3v) is 2.99. The van der Waals surface area contributed by atoms with Gasteiger partial charge >= 0.3 is 0 Å². The molecular weight excluding hydrogens is 224 g/mol. The van der Waals surface area contributed by atoms with E-state index in [4.69, 9.17) is 9.68 Å². The Morgan fingerprint density at radius 1 is 1.17 bits per heavy atom. The summed E-state index contributed by atoms with van der Waals surface area (Å²) in [5.74, 6) is 0.915. The van der Waals surface area contributed by atoms with Crippen LogP contribution >= 0.6 is 0 Å². The van der Waals surface area contributed by atoms with Crippen molar-refractivity contribution in [3.63, 3.8) is 0 Å². The number of hydrogen-bond donors (Lipinski definition) is 1. The largest absolute Gasteiger partial charge is 0.468 e. The Morgan fingerprint density at radius 2 is 2.00 bits per heavy atom. The minimum absolute atomic E-state index is 0.140. The molecule has 3 heteroatoms. The molecule has 0 radical (unpaired) electrons. The molecule has 0 aliphatic heterocycles. The summed E-state index contributed by atoms with van der Waals surface area (Å²) < 4.78 is 5.36. The first-order chi connectivity index (χ1) is 8.70. The molecule has 1 aromatic heterocycles. The predicted octanol–water partition coefficient (Wildman–Crippen LogP) is 3.56. The number of hydrogen-bond acceptors (Lipinski definition) is 3. The standard InChI is InChI=1S/C15H16N2O/c1-11(14-6-3-5-13(9-14)10-16)17-12(2)15-7-4-8-18-15/h3-9,11-12,17H,1-2H3/t11?,12-/m1/s1. The van der Waals surface area contributed by atoms with Gasteiger partial charge in [0.25, 0.3) is 0 Å². The number of nitriles is 1. The second-order valence-electron chi connectivity index (χ2n) is 4.36. The average molecular weight is 240 g/mol. The summed E-state index contributed by atoms with van der Waals surface area (Å²) in [4.78, 5) is 0. The molecule has 0 fully saturated rings. The summed E-state index contributed by atoms with van der Waals surface area (Å²) >= 11 is 0. The van der Waals surface area contributed by atoms with E-state index in [2.05, 4.69) is 25.2 Å². The van der Waals surface area contributed by atoms with Gasteiger partial charge in [-0.2, -0.15) is 5.26 Å². The van der Waals surface area contributed by atoms with Crippen LogP contribution in [-0.2, 0) is 0 Å². The fourth-order valence-electron chi connectivity index (χ4n) is 1.97. The maximum atomic E-state index is 8.89. The number of furan rings is 1. The number of benzene rings is 1. The minimum atomic E-state index is 0.140. The monoisotopic (exact) mass is 240 g/mol. The van der Waals surface area contributed by atoms with E-state index in [-0.39, 0.29) is 12.1 Å². The fourth-order valence-corrected chi connectivity index (χ4v) is 1.97. The molecule has 92 valence electrons. The van der Waals surface area contributed by atoms with Crippen molar-refractivity contribution in [1.82, 2.24) is 5.32 Å². The summed E-state index contributed by atoms with van der Waals surface area (Å²) in [7, 11) is 0. The molecule has 2 aromatic rings. The van der Waals surface area contributed by atoms with Gasteiger partial charge in [0.2, 0.25) is 0 Å². The van der Waals surface area contributed by atoms with Crippen molar-refractivity contribution in [2.75, 3.05) is 0 Å². The van der Waals surface area contributed by atoms with Crippen molar-refractivity contribution in [2.45, 2.75) is 25.9 Å². The number of rotatable bonds is 4. The van der Waals surface area contributed by atoms with Crippen LogP contribution in [0.1, 0.15) is 42.8 Å². The van der Waals surface area contributed by atoms with E-state index in [1.807, 2.05) is 36.4 Å². The molecule has 3 nitrogen and oxygen atoms in total. The van der Waals surface area contributed by atoms with Crippen LogP contribution in [0.4, 0.5) is 0 Å². The second kappa shape index (κ2) is 5.52. The fraction of sp³-hybridized carbons (Fsp3) is 0.267. The molecular formula is C15H16N2O. The van der Waals surface area contributed by atoms with Gasteiger partial charge < -0.3 is 9.73 Å². The van der Waals surface area contributed by atoms with Crippen molar-refractivity contribution >= 4 is 0 Å². The quantitative estimate of drug-likeness (QED) is 0.888. The molecule has 0 spiro atoms. The SMILES string of the molecule is CC(N[C@H](C)c1ccco1)c1cccc(C#N)c1. The molecule has 0 aliphatic rings. The summed E-state index contributed by atoms with van der Waals surface area (Å²) in [5.41, 5.74) is 1.79. The first-order valence-corrected chi connectivity index (χ1v) is 6.00. The highest BCUT2D eigenvalue weighted by Gasteiger charge is 2.13. The lowest BCUT2D eigenvalue weighted by molar-refractivity contribution is 0.403. The normalized spacial score (nSPS) is 13.8. The van der Waals surface area contributed by atoms with Crippen molar-refractivity contribution in [1.29, 1.82) is 5.26 Å². The molecule has 1 heterocycles. The Morgan fingerprint density at radius 3 is 2.67 bits per heavy atom. The molecule has 2 atom stereocenters. The smallest absolute Gasteiger partial charge is 0.120 e. The maximum absolute atomic E-state index is 8.89. The molecule has 1 aromatic carbocycles. The van der Waals surface area contributed by atoms with Gasteiger partial charge in [0.15, 0.2) is 0 Å². The average Bonchev–Trinajstić information content (AvgIpc) is 2.92. The van der Waals surface area contributed by atoms with E-state index in [0.29, 0.717) is 5.56 Å². The molecule has 0 bridgehead atoms. The summed E-state index contributed by atoms with van der Waals surface area (Å²) in [5, 5.41) is 12.3. The van der Waals surface area contributed by atoms with Crippen LogP contribution in [0.3, 0.4) is 0 Å². The summed E-state index contributed by atoms with van der Waals surface area (Å²) in [6, 6.07) is 13.9. The van der Waals surface area contributed by atoms with Gasteiger partial charge in [-0.3, -0.25) is 0 Å². The van der Waals surface area contributed by atoms with E-state index >= 15 is 0 Å². The lowest BCUT2D eigenvalue weighted by atomic mass is 10.0. The molecule has 0 saturated heterocycles. The molecule has 0 amide bonds. The van der Waals surface area contributed by atoms with E-state index in [1.165, 1.54) is 0 Å². The molecule has 18 heavy (non-hydrogen) atoms. The Hall–Kier alpha value is -2.05. The topological polar surface area (TPSA) is 49.0 Å². The zero-order chi connectivity index (χ0) is 13.0. The van der Waals surface area contributed by atoms with Crippen LogP contribution in [0, 0.1) is 11.3 Å². The van der Waals surface area contributed by atoms with Gasteiger partial charge in [0.1, 0.15) is 5.76 Å². The van der Waals surface area contributed by atoms with E-state index in [1.54, 1.807) is 6.26 Å². The van der Waals surface area contributed by atoms with Gasteiger partial charge in [-0.05, 0) is 43.7 Å². The molecule has 0 aliphatic carbocycles. The maximum Gasteiger partial charge on any atom is 0.120 e. The van der Waals surface area contributed by atoms with E-state index in [0.717, 1.165) is 11.3 Å². The lowest BCUT2D eigenvalue weighted by Gasteiger charge is -2.19. The van der Waals surface area contributed by atoms with Gasteiger partial charge in [0, 0.05) is 6.04 Å². The van der Waals surface area contributed by atoms with E-state index in [9.17, 15) is 0 Å². The third-order valence-electron chi connectivity index (χ3n) is 2.99. The first-order valence-electron chi connectivity index (χ1n) is 6.00. The Bertz CT molecular complexity index is 540. The molecule has 1 unspecified atom stereocenters. The third kappa shape index (κ3) is 2.79. The highest BCUT2D eigenvalue weighted by atomic mass is 16.3. The van der Waals surface area contributed by atoms with Crippen LogP contribution in [0.5, 0.6) is 0 Å². The second-order valence-corrected chi connectivity index (χ2v) is 4.36. The Kier molecular flexibility index (Phi) is 3.81. The summed E-state index contributed by atoms with van der Waals surface area (Å²) in [6.45, 7) is 4.14. The Balaban J connectivity index is 2.07. The molecule has 0 saturated carbocycles. The van der Waals surface area contributed by atoms with Crippen LogP contribution in [-0.4, -0.2) is 0 Å². The minimum Gasteiger partial charge on any atom is -0.468 e. The van der Waals surface area contributed by atoms with Crippen LogP contribution in [0.15, 0.2) is 47.1 Å². The van der Waals surface area contributed by atoms with Crippen molar-refractivity contribution in [3.8, 4) is 6.07 Å². The van der Waals surface area contributed by atoms with Crippen LogP contribution in [0.2, 0.25) is 0 Å². The molecule has 1 N–H and O–H groups in total. The summed E-state index contributed by atoms with van der Waals surface area (Å²) in [6.07, 6.45) is 1.68. The highest BCUT2D eigenvalue weighted by molar-refractivity contribution is 5.34. The molecule has 2 rings (SSSR count). The first kappa shape index (κ1) is 12.4. The van der Waals surface area contributed by atoms with Gasteiger partial charge in [-0.1, -0.05) is 12.1 Å². The van der Waals surface area contributed by atoms with Gasteiger partial charge in [0.05, 0.1) is 23.9 Å². The number of nitrogens with one attached hydrogen (secondary N) is 1.